The summed E-state index contributed by atoms with van der Waals surface area (Å²) < 4.78 is 10.2. The quantitative estimate of drug-likeness (QED) is 0.899. The molecule has 1 atom stereocenters. The van der Waals surface area contributed by atoms with Gasteiger partial charge in [-0.3, -0.25) is 9.69 Å². The van der Waals surface area contributed by atoms with Gasteiger partial charge in [-0.25, -0.2) is 0 Å². The topological polar surface area (TPSA) is 67.6 Å². The number of likely N-dealkylation sites (tertiary alicyclic amines) is 1. The first kappa shape index (κ1) is 17.5. The van der Waals surface area contributed by atoms with Crippen LogP contribution in [-0.4, -0.2) is 36.2 Å². The highest BCUT2D eigenvalue weighted by atomic mass is 16.5. The normalized spacial score (nSPS) is 18.6. The molecule has 2 aromatic rings. The molecule has 134 valence electrons. The maximum atomic E-state index is 12.4. The first-order chi connectivity index (χ1) is 12.2. The lowest BCUT2D eigenvalue weighted by Crippen LogP contribution is -2.36. The van der Waals surface area contributed by atoms with E-state index in [9.17, 15) is 4.79 Å². The summed E-state index contributed by atoms with van der Waals surface area (Å²) >= 11 is 0. The number of methoxy groups -OCH3 is 1. The molecule has 0 spiro atoms. The number of hydrogen-bond acceptors (Lipinski definition) is 5. The Bertz CT molecular complexity index is 696. The van der Waals surface area contributed by atoms with Crippen molar-refractivity contribution in [2.75, 3.05) is 25.5 Å². The van der Waals surface area contributed by atoms with E-state index in [1.807, 2.05) is 12.1 Å². The molecule has 0 radical (unpaired) electrons. The van der Waals surface area contributed by atoms with Gasteiger partial charge in [0.1, 0.15) is 11.5 Å². The second-order valence-corrected chi connectivity index (χ2v) is 6.48. The molecule has 0 aliphatic carbocycles. The monoisotopic (exact) mass is 343 g/mol. The summed E-state index contributed by atoms with van der Waals surface area (Å²) in [5.41, 5.74) is 1.23. The van der Waals surface area contributed by atoms with E-state index in [1.165, 1.54) is 18.4 Å². The zero-order valence-electron chi connectivity index (χ0n) is 14.8. The number of nitrogens with one attached hydrogen (secondary N) is 1. The first-order valence-corrected chi connectivity index (χ1v) is 8.77. The molecule has 6 nitrogen and oxygen atoms in total. The summed E-state index contributed by atoms with van der Waals surface area (Å²) in [5.74, 6) is 1.94. The van der Waals surface area contributed by atoms with Crippen molar-refractivity contribution >= 4 is 11.7 Å². The van der Waals surface area contributed by atoms with Gasteiger partial charge >= 0.3 is 0 Å². The molecule has 6 heteroatoms. The lowest BCUT2D eigenvalue weighted by molar-refractivity contribution is -0.117. The average Bonchev–Trinajstić information content (AvgIpc) is 2.88. The van der Waals surface area contributed by atoms with Gasteiger partial charge in [0.2, 0.25) is 5.91 Å². The maximum absolute atomic E-state index is 12.4. The van der Waals surface area contributed by atoms with Crippen molar-refractivity contribution < 1.29 is 14.1 Å². The van der Waals surface area contributed by atoms with E-state index in [0.717, 1.165) is 25.1 Å². The number of carbonyl (C=O) groups excluding carboxylic acids is 1. The fourth-order valence-electron chi connectivity index (χ4n) is 3.35. The molecule has 1 fully saturated rings. The van der Waals surface area contributed by atoms with Gasteiger partial charge in [0.15, 0.2) is 5.82 Å². The van der Waals surface area contributed by atoms with Crippen LogP contribution in [0.25, 0.3) is 0 Å². The first-order valence-electron chi connectivity index (χ1n) is 8.77. The van der Waals surface area contributed by atoms with Crippen LogP contribution < -0.4 is 10.1 Å². The van der Waals surface area contributed by atoms with Crippen molar-refractivity contribution in [2.24, 2.45) is 0 Å². The zero-order chi connectivity index (χ0) is 17.6. The van der Waals surface area contributed by atoms with Crippen LogP contribution in [0.3, 0.4) is 0 Å². The number of carbonyl (C=O) groups is 1. The molecule has 1 aromatic carbocycles. The summed E-state index contributed by atoms with van der Waals surface area (Å²) in [6, 6.07) is 10.1. The van der Waals surface area contributed by atoms with Crippen molar-refractivity contribution in [1.82, 2.24) is 10.1 Å². The summed E-state index contributed by atoms with van der Waals surface area (Å²) in [7, 11) is 1.67. The largest absolute Gasteiger partial charge is 0.497 e. The highest BCUT2D eigenvalue weighted by molar-refractivity contribution is 5.91. The highest BCUT2D eigenvalue weighted by Gasteiger charge is 2.24. The van der Waals surface area contributed by atoms with Gasteiger partial charge in [0.25, 0.3) is 0 Å². The molecule has 1 aliphatic rings. The number of aromatic nitrogens is 1. The Balaban J connectivity index is 1.69. The molecule has 1 aromatic heterocycles. The predicted molar refractivity (Wildman–Crippen MR) is 95.6 cm³/mol. The number of anilines is 1. The molecule has 1 N–H and O–H groups in total. The minimum absolute atomic E-state index is 0.0614. The number of amides is 1. The SMILES string of the molecule is COc1ccc(C2CCCCCN2CC(=O)Nc2cc(C)on2)cc1. The fraction of sp³-hybridized carbons (Fsp3) is 0.474. The van der Waals surface area contributed by atoms with Gasteiger partial charge in [-0.05, 0) is 44.0 Å². The van der Waals surface area contributed by atoms with E-state index >= 15 is 0 Å². The Labute approximate surface area is 148 Å². The molecule has 3 rings (SSSR count). The van der Waals surface area contributed by atoms with Gasteiger partial charge in [-0.1, -0.05) is 30.1 Å². The smallest absolute Gasteiger partial charge is 0.239 e. The van der Waals surface area contributed by atoms with Crippen molar-refractivity contribution in [1.29, 1.82) is 0 Å². The van der Waals surface area contributed by atoms with Crippen LogP contribution in [-0.2, 0) is 4.79 Å². The number of ether oxygens (including phenoxy) is 1. The number of aryl methyl sites for hydroxylation is 1. The second kappa shape index (κ2) is 8.16. The molecule has 1 unspecified atom stereocenters. The number of nitrogens with zero attached hydrogens (tertiary/aromatic N) is 2. The Kier molecular flexibility index (Phi) is 5.71. The maximum Gasteiger partial charge on any atom is 0.239 e. The van der Waals surface area contributed by atoms with Gasteiger partial charge in [0, 0.05) is 12.1 Å². The van der Waals surface area contributed by atoms with Gasteiger partial charge in [-0.2, -0.15) is 0 Å². The highest BCUT2D eigenvalue weighted by Crippen LogP contribution is 2.31. The minimum Gasteiger partial charge on any atom is -0.497 e. The molecular formula is C19H25N3O3. The summed E-state index contributed by atoms with van der Waals surface area (Å²) in [6.07, 6.45) is 4.55. The van der Waals surface area contributed by atoms with Crippen LogP contribution in [0.4, 0.5) is 5.82 Å². The number of benzene rings is 1. The third-order valence-electron chi connectivity index (χ3n) is 4.61. The van der Waals surface area contributed by atoms with Gasteiger partial charge in [0.05, 0.1) is 13.7 Å². The Morgan fingerprint density at radius 2 is 2.12 bits per heavy atom. The predicted octanol–water partition coefficient (Wildman–Crippen LogP) is 3.55. The van der Waals surface area contributed by atoms with Gasteiger partial charge in [-0.15, -0.1) is 0 Å². The molecule has 0 saturated carbocycles. The van der Waals surface area contributed by atoms with E-state index in [4.69, 9.17) is 9.26 Å². The van der Waals surface area contributed by atoms with Crippen molar-refractivity contribution in [3.05, 3.63) is 41.7 Å². The fourth-order valence-corrected chi connectivity index (χ4v) is 3.35. The van der Waals surface area contributed by atoms with E-state index in [-0.39, 0.29) is 11.9 Å². The standard InChI is InChI=1S/C19H25N3O3/c1-14-12-18(21-25-14)20-19(23)13-22-11-5-3-4-6-17(22)15-7-9-16(24-2)10-8-15/h7-10,12,17H,3-6,11,13H2,1-2H3,(H,20,21,23). The second-order valence-electron chi connectivity index (χ2n) is 6.48. The Morgan fingerprint density at radius 1 is 1.32 bits per heavy atom. The number of hydrogen-bond donors (Lipinski definition) is 1. The summed E-state index contributed by atoms with van der Waals surface area (Å²) in [6.45, 7) is 3.07. The molecule has 0 bridgehead atoms. The van der Waals surface area contributed by atoms with E-state index in [0.29, 0.717) is 18.1 Å². The minimum atomic E-state index is -0.0614. The third-order valence-corrected chi connectivity index (χ3v) is 4.61. The molecule has 1 aliphatic heterocycles. The Morgan fingerprint density at radius 3 is 2.80 bits per heavy atom. The summed E-state index contributed by atoms with van der Waals surface area (Å²) in [5, 5.41) is 6.64. The lowest BCUT2D eigenvalue weighted by atomic mass is 10.0. The number of rotatable bonds is 5. The zero-order valence-corrected chi connectivity index (χ0v) is 14.8. The molecule has 25 heavy (non-hydrogen) atoms. The van der Waals surface area contributed by atoms with Crippen LogP contribution >= 0.6 is 0 Å². The van der Waals surface area contributed by atoms with Crippen LogP contribution in [0.5, 0.6) is 5.75 Å². The van der Waals surface area contributed by atoms with E-state index < -0.39 is 0 Å². The van der Waals surface area contributed by atoms with Gasteiger partial charge < -0.3 is 14.6 Å². The van der Waals surface area contributed by atoms with Crippen LogP contribution in [0.15, 0.2) is 34.9 Å². The lowest BCUT2D eigenvalue weighted by Gasteiger charge is -2.29. The third kappa shape index (κ3) is 4.60. The van der Waals surface area contributed by atoms with Crippen molar-refractivity contribution in [2.45, 2.75) is 38.6 Å². The average molecular weight is 343 g/mol. The van der Waals surface area contributed by atoms with Crippen molar-refractivity contribution in [3.8, 4) is 5.75 Å². The molecule has 1 saturated heterocycles. The van der Waals surface area contributed by atoms with E-state index in [1.54, 1.807) is 20.1 Å². The Hall–Kier alpha value is -2.34. The molecule has 2 heterocycles. The summed E-state index contributed by atoms with van der Waals surface area (Å²) in [4.78, 5) is 14.7. The van der Waals surface area contributed by atoms with E-state index in [2.05, 4.69) is 27.5 Å². The van der Waals surface area contributed by atoms with Crippen LogP contribution in [0.1, 0.15) is 43.0 Å². The van der Waals surface area contributed by atoms with Crippen molar-refractivity contribution in [3.63, 3.8) is 0 Å². The molecular weight excluding hydrogens is 318 g/mol. The van der Waals surface area contributed by atoms with Crippen LogP contribution in [0.2, 0.25) is 0 Å². The van der Waals surface area contributed by atoms with Crippen LogP contribution in [0, 0.1) is 6.92 Å². The molecule has 1 amide bonds.